The van der Waals surface area contributed by atoms with E-state index in [0.717, 1.165) is 0 Å². The van der Waals surface area contributed by atoms with Crippen LogP contribution in [-0.4, -0.2) is 36.6 Å². The highest BCUT2D eigenvalue weighted by Gasteiger charge is 2.25. The van der Waals surface area contributed by atoms with E-state index in [1.165, 1.54) is 0 Å². The van der Waals surface area contributed by atoms with Gasteiger partial charge in [0.2, 0.25) is 0 Å². The van der Waals surface area contributed by atoms with Crippen LogP contribution in [0, 0.1) is 0 Å². The molecule has 0 bridgehead atoms. The number of nitrogens with zero attached hydrogens (tertiary/aromatic N) is 2. The van der Waals surface area contributed by atoms with Crippen LogP contribution in [0.5, 0.6) is 0 Å². The molecule has 0 aromatic heterocycles. The number of hydrogen-bond donors (Lipinski definition) is 0. The summed E-state index contributed by atoms with van der Waals surface area (Å²) in [7, 11) is 0. The first-order valence-electron chi connectivity index (χ1n) is 4.66. The van der Waals surface area contributed by atoms with Gasteiger partial charge in [-0.1, -0.05) is 0 Å². The molecule has 82 valence electrons. The maximum atomic E-state index is 11.2. The molecule has 1 aliphatic rings. The summed E-state index contributed by atoms with van der Waals surface area (Å²) < 4.78 is 9.44. The highest BCUT2D eigenvalue weighted by Crippen LogP contribution is 2.05. The van der Waals surface area contributed by atoms with Gasteiger partial charge in [-0.3, -0.25) is 0 Å². The van der Waals surface area contributed by atoms with Crippen molar-refractivity contribution < 1.29 is 19.1 Å². The maximum absolute atomic E-state index is 11.2. The number of ether oxygens (including phenoxy) is 2. The van der Waals surface area contributed by atoms with Crippen LogP contribution in [0.1, 0.15) is 20.3 Å². The Kier molecular flexibility index (Phi) is 3.96. The van der Waals surface area contributed by atoms with Gasteiger partial charge in [0, 0.05) is 0 Å². The van der Waals surface area contributed by atoms with Crippen molar-refractivity contribution in [2.45, 2.75) is 20.3 Å². The van der Waals surface area contributed by atoms with Gasteiger partial charge in [0.25, 0.3) is 0 Å². The van der Waals surface area contributed by atoms with Crippen molar-refractivity contribution in [3.8, 4) is 0 Å². The quantitative estimate of drug-likeness (QED) is 0.628. The standard InChI is InChI=1S/C9H12N2O4/c1-3-14-8(12)6-5-7(11-10-6)9(13)15-4-2/h3-5H2,1-2H3. The monoisotopic (exact) mass is 212 g/mol. The van der Waals surface area contributed by atoms with E-state index in [-0.39, 0.29) is 31.1 Å². The molecule has 15 heavy (non-hydrogen) atoms. The molecule has 6 heteroatoms. The average molecular weight is 212 g/mol. The van der Waals surface area contributed by atoms with Crippen LogP contribution in [0.15, 0.2) is 10.2 Å². The van der Waals surface area contributed by atoms with E-state index < -0.39 is 11.9 Å². The molecule has 6 nitrogen and oxygen atoms in total. The van der Waals surface area contributed by atoms with Crippen molar-refractivity contribution in [1.82, 2.24) is 0 Å². The minimum atomic E-state index is -0.541. The minimum Gasteiger partial charge on any atom is -0.461 e. The Morgan fingerprint density at radius 2 is 1.47 bits per heavy atom. The Labute approximate surface area is 87.0 Å². The minimum absolute atomic E-state index is 0.0810. The highest BCUT2D eigenvalue weighted by molar-refractivity contribution is 6.50. The third-order valence-corrected chi connectivity index (χ3v) is 1.65. The fraction of sp³-hybridized carbons (Fsp3) is 0.556. The van der Waals surface area contributed by atoms with E-state index in [2.05, 4.69) is 10.2 Å². The van der Waals surface area contributed by atoms with Crippen LogP contribution in [0.4, 0.5) is 0 Å². The predicted molar refractivity (Wildman–Crippen MR) is 52.8 cm³/mol. The topological polar surface area (TPSA) is 77.3 Å². The van der Waals surface area contributed by atoms with Gasteiger partial charge in [0.15, 0.2) is 11.4 Å². The highest BCUT2D eigenvalue weighted by atomic mass is 16.5. The smallest absolute Gasteiger partial charge is 0.354 e. The number of esters is 2. The Morgan fingerprint density at radius 1 is 1.07 bits per heavy atom. The van der Waals surface area contributed by atoms with Crippen LogP contribution in [0.3, 0.4) is 0 Å². The molecule has 0 amide bonds. The summed E-state index contributed by atoms with van der Waals surface area (Å²) in [5.41, 5.74) is 0.278. The molecule has 0 aliphatic carbocycles. The van der Waals surface area contributed by atoms with E-state index in [0.29, 0.717) is 0 Å². The lowest BCUT2D eigenvalue weighted by atomic mass is 10.2. The van der Waals surface area contributed by atoms with E-state index in [1.54, 1.807) is 13.8 Å². The Balaban J connectivity index is 2.48. The zero-order valence-corrected chi connectivity index (χ0v) is 8.65. The van der Waals surface area contributed by atoms with Gasteiger partial charge in [0.05, 0.1) is 19.6 Å². The number of hydrogen-bond acceptors (Lipinski definition) is 6. The van der Waals surface area contributed by atoms with Crippen LogP contribution in [0.2, 0.25) is 0 Å². The normalized spacial score (nSPS) is 14.3. The Bertz CT molecular complexity index is 301. The fourth-order valence-corrected chi connectivity index (χ4v) is 1.00. The average Bonchev–Trinajstić information content (AvgIpc) is 2.67. The summed E-state index contributed by atoms with van der Waals surface area (Å²) in [4.78, 5) is 22.4. The molecule has 0 radical (unpaired) electrons. The molecule has 1 heterocycles. The Morgan fingerprint density at radius 3 is 1.80 bits per heavy atom. The Hall–Kier alpha value is -1.72. The van der Waals surface area contributed by atoms with Gasteiger partial charge in [-0.2, -0.15) is 0 Å². The first-order valence-corrected chi connectivity index (χ1v) is 4.66. The van der Waals surface area contributed by atoms with Gasteiger partial charge < -0.3 is 9.47 Å². The molecule has 1 aliphatic heterocycles. The lowest BCUT2D eigenvalue weighted by Gasteiger charge is -2.01. The van der Waals surface area contributed by atoms with Crippen molar-refractivity contribution in [1.29, 1.82) is 0 Å². The first-order chi connectivity index (χ1) is 7.19. The molecule has 1 rings (SSSR count). The van der Waals surface area contributed by atoms with Gasteiger partial charge in [-0.05, 0) is 13.8 Å². The summed E-state index contributed by atoms with van der Waals surface area (Å²) in [6.45, 7) is 3.93. The summed E-state index contributed by atoms with van der Waals surface area (Å²) in [6, 6.07) is 0. The second-order valence-corrected chi connectivity index (χ2v) is 2.71. The molecule has 0 spiro atoms. The van der Waals surface area contributed by atoms with Gasteiger partial charge in [0.1, 0.15) is 0 Å². The van der Waals surface area contributed by atoms with Gasteiger partial charge in [-0.15, -0.1) is 10.2 Å². The third kappa shape index (κ3) is 2.87. The van der Waals surface area contributed by atoms with E-state index in [4.69, 9.17) is 9.47 Å². The number of rotatable bonds is 4. The molecule has 0 atom stereocenters. The van der Waals surface area contributed by atoms with Crippen molar-refractivity contribution in [3.05, 3.63) is 0 Å². The molecule has 0 aromatic carbocycles. The predicted octanol–water partition coefficient (Wildman–Crippen LogP) is 0.313. The lowest BCUT2D eigenvalue weighted by molar-refractivity contribution is -0.135. The largest absolute Gasteiger partial charge is 0.461 e. The molecule has 0 unspecified atom stereocenters. The first kappa shape index (κ1) is 11.4. The van der Waals surface area contributed by atoms with E-state index in [1.807, 2.05) is 0 Å². The summed E-state index contributed by atoms with van der Waals surface area (Å²) in [5.74, 6) is -1.08. The van der Waals surface area contributed by atoms with Crippen molar-refractivity contribution in [2.24, 2.45) is 10.2 Å². The van der Waals surface area contributed by atoms with Crippen LogP contribution < -0.4 is 0 Å². The molecular formula is C9H12N2O4. The second-order valence-electron chi connectivity index (χ2n) is 2.71. The van der Waals surface area contributed by atoms with Crippen LogP contribution >= 0.6 is 0 Å². The second kappa shape index (κ2) is 5.23. The van der Waals surface area contributed by atoms with Crippen molar-refractivity contribution in [3.63, 3.8) is 0 Å². The van der Waals surface area contributed by atoms with Crippen LogP contribution in [-0.2, 0) is 19.1 Å². The van der Waals surface area contributed by atoms with Gasteiger partial charge in [-0.25, -0.2) is 9.59 Å². The third-order valence-electron chi connectivity index (χ3n) is 1.65. The number of carbonyl (C=O) groups excluding carboxylic acids is 2. The molecule has 0 saturated carbocycles. The van der Waals surface area contributed by atoms with Crippen LogP contribution in [0.25, 0.3) is 0 Å². The summed E-state index contributed by atoms with van der Waals surface area (Å²) in [6.07, 6.45) is 0.0810. The van der Waals surface area contributed by atoms with Gasteiger partial charge >= 0.3 is 11.9 Å². The molecule has 0 saturated heterocycles. The molecule has 0 fully saturated rings. The van der Waals surface area contributed by atoms with Crippen molar-refractivity contribution >= 4 is 23.4 Å². The van der Waals surface area contributed by atoms with E-state index in [9.17, 15) is 9.59 Å². The van der Waals surface area contributed by atoms with Crippen molar-refractivity contribution in [2.75, 3.05) is 13.2 Å². The SMILES string of the molecule is CCOC(=O)C1=NN=C(C(=O)OCC)C1. The zero-order chi connectivity index (χ0) is 11.3. The van der Waals surface area contributed by atoms with E-state index >= 15 is 0 Å². The summed E-state index contributed by atoms with van der Waals surface area (Å²) in [5, 5.41) is 7.14. The zero-order valence-electron chi connectivity index (χ0n) is 8.65. The molecular weight excluding hydrogens is 200 g/mol. The number of carbonyl (C=O) groups is 2. The molecule has 0 aromatic rings. The maximum Gasteiger partial charge on any atom is 0.354 e. The lowest BCUT2D eigenvalue weighted by Crippen LogP contribution is -2.22. The molecule has 0 N–H and O–H groups in total. The fourth-order valence-electron chi connectivity index (χ4n) is 1.00. The summed E-state index contributed by atoms with van der Waals surface area (Å²) >= 11 is 0.